The van der Waals surface area contributed by atoms with Crippen LogP contribution in [-0.4, -0.2) is 66.3 Å². The minimum Gasteiger partial charge on any atom is -0.476 e. The minimum atomic E-state index is -0.539. The predicted molar refractivity (Wildman–Crippen MR) is 75.6 cm³/mol. The van der Waals surface area contributed by atoms with Crippen molar-refractivity contribution in [2.45, 2.75) is 6.42 Å². The summed E-state index contributed by atoms with van der Waals surface area (Å²) < 4.78 is 10.2. The van der Waals surface area contributed by atoms with E-state index >= 15 is 0 Å². The van der Waals surface area contributed by atoms with Gasteiger partial charge in [0.1, 0.15) is 6.33 Å². The van der Waals surface area contributed by atoms with Crippen LogP contribution in [0, 0.1) is 10.1 Å². The summed E-state index contributed by atoms with van der Waals surface area (Å²) in [6.45, 7) is 4.91. The molecule has 1 aliphatic heterocycles. The zero-order valence-electron chi connectivity index (χ0n) is 11.9. The average Bonchev–Trinajstić information content (AvgIpc) is 2.52. The Morgan fingerprint density at radius 1 is 1.48 bits per heavy atom. The summed E-state index contributed by atoms with van der Waals surface area (Å²) in [4.78, 5) is 20.5. The van der Waals surface area contributed by atoms with Gasteiger partial charge in [0, 0.05) is 19.6 Å². The van der Waals surface area contributed by atoms with Gasteiger partial charge >= 0.3 is 5.69 Å². The highest BCUT2D eigenvalue weighted by Crippen LogP contribution is 2.30. The second kappa shape index (κ2) is 7.70. The van der Waals surface area contributed by atoms with Crippen molar-refractivity contribution < 1.29 is 14.4 Å². The number of nitro groups is 1. The zero-order chi connectivity index (χ0) is 15.1. The molecule has 2 heterocycles. The first-order valence-corrected chi connectivity index (χ1v) is 6.79. The Hall–Kier alpha value is -2.00. The molecule has 0 spiro atoms. The molecule has 0 amide bonds. The molecule has 1 saturated heterocycles. The lowest BCUT2D eigenvalue weighted by Gasteiger charge is -2.26. The third kappa shape index (κ3) is 4.23. The van der Waals surface area contributed by atoms with E-state index in [2.05, 4.69) is 20.2 Å². The molecule has 0 bridgehead atoms. The number of aromatic nitrogens is 2. The van der Waals surface area contributed by atoms with E-state index < -0.39 is 4.92 Å². The summed E-state index contributed by atoms with van der Waals surface area (Å²) in [6.07, 6.45) is 2.11. The van der Waals surface area contributed by atoms with Crippen molar-refractivity contribution >= 4 is 11.5 Å². The summed E-state index contributed by atoms with van der Waals surface area (Å²) in [5.41, 5.74) is -0.230. The SMILES string of the molecule is COc1ncnc(NCCCN2CCOCC2)c1[N+](=O)[O-]. The Balaban J connectivity index is 1.86. The summed E-state index contributed by atoms with van der Waals surface area (Å²) in [5.74, 6) is 0.152. The maximum absolute atomic E-state index is 11.1. The van der Waals surface area contributed by atoms with Crippen LogP contribution < -0.4 is 10.1 Å². The van der Waals surface area contributed by atoms with E-state index in [1.807, 2.05) is 0 Å². The van der Waals surface area contributed by atoms with Gasteiger partial charge in [-0.25, -0.2) is 4.98 Å². The molecule has 0 aliphatic carbocycles. The van der Waals surface area contributed by atoms with Gasteiger partial charge in [0.2, 0.25) is 5.82 Å². The Kier molecular flexibility index (Phi) is 5.64. The number of anilines is 1. The number of rotatable bonds is 7. The van der Waals surface area contributed by atoms with Gasteiger partial charge in [-0.15, -0.1) is 0 Å². The van der Waals surface area contributed by atoms with Gasteiger partial charge in [0.05, 0.1) is 25.2 Å². The van der Waals surface area contributed by atoms with Crippen molar-refractivity contribution in [3.05, 3.63) is 16.4 Å². The molecular weight excluding hydrogens is 278 g/mol. The second-order valence-corrected chi connectivity index (χ2v) is 4.57. The molecule has 1 aromatic heterocycles. The summed E-state index contributed by atoms with van der Waals surface area (Å²) in [7, 11) is 1.34. The fraction of sp³-hybridized carbons (Fsp3) is 0.667. The largest absolute Gasteiger partial charge is 0.476 e. The smallest absolute Gasteiger partial charge is 0.372 e. The lowest BCUT2D eigenvalue weighted by molar-refractivity contribution is -0.385. The molecule has 1 fully saturated rings. The van der Waals surface area contributed by atoms with E-state index in [-0.39, 0.29) is 17.4 Å². The van der Waals surface area contributed by atoms with Crippen LogP contribution in [0.2, 0.25) is 0 Å². The minimum absolute atomic E-state index is 0.0364. The molecule has 0 saturated carbocycles. The number of nitrogens with one attached hydrogen (secondary N) is 1. The molecule has 0 atom stereocenters. The third-order valence-electron chi connectivity index (χ3n) is 3.21. The van der Waals surface area contributed by atoms with Crippen LogP contribution in [0.15, 0.2) is 6.33 Å². The van der Waals surface area contributed by atoms with Crippen molar-refractivity contribution in [3.63, 3.8) is 0 Å². The van der Waals surface area contributed by atoms with Crippen molar-refractivity contribution in [2.24, 2.45) is 0 Å². The number of methoxy groups -OCH3 is 1. The maximum Gasteiger partial charge on any atom is 0.372 e. The summed E-state index contributed by atoms with van der Waals surface area (Å²) >= 11 is 0. The van der Waals surface area contributed by atoms with E-state index in [0.717, 1.165) is 39.3 Å². The number of hydrogen-bond acceptors (Lipinski definition) is 8. The molecule has 9 heteroatoms. The number of hydrogen-bond donors (Lipinski definition) is 1. The Labute approximate surface area is 122 Å². The molecule has 116 valence electrons. The molecule has 1 aromatic rings. The van der Waals surface area contributed by atoms with Crippen LogP contribution in [0.1, 0.15) is 6.42 Å². The van der Waals surface area contributed by atoms with Gasteiger partial charge in [0.15, 0.2) is 0 Å². The normalized spacial score (nSPS) is 15.7. The van der Waals surface area contributed by atoms with Crippen LogP contribution in [-0.2, 0) is 4.74 Å². The van der Waals surface area contributed by atoms with Gasteiger partial charge < -0.3 is 14.8 Å². The second-order valence-electron chi connectivity index (χ2n) is 4.57. The molecule has 1 N–H and O–H groups in total. The Morgan fingerprint density at radius 2 is 2.24 bits per heavy atom. The van der Waals surface area contributed by atoms with E-state index in [0.29, 0.717) is 6.54 Å². The first-order chi connectivity index (χ1) is 10.2. The Morgan fingerprint density at radius 3 is 2.90 bits per heavy atom. The fourth-order valence-electron chi connectivity index (χ4n) is 2.14. The van der Waals surface area contributed by atoms with Crippen molar-refractivity contribution in [1.29, 1.82) is 0 Å². The lowest BCUT2D eigenvalue weighted by Crippen LogP contribution is -2.37. The molecule has 2 rings (SSSR count). The van der Waals surface area contributed by atoms with Crippen LogP contribution in [0.5, 0.6) is 5.88 Å². The van der Waals surface area contributed by atoms with Gasteiger partial charge in [0.25, 0.3) is 5.88 Å². The molecule has 9 nitrogen and oxygen atoms in total. The lowest BCUT2D eigenvalue weighted by atomic mass is 10.3. The number of morpholine rings is 1. The topological polar surface area (TPSA) is 103 Å². The maximum atomic E-state index is 11.1. The first kappa shape index (κ1) is 15.4. The predicted octanol–water partition coefficient (Wildman–Crippen LogP) is 0.528. The highest BCUT2D eigenvalue weighted by atomic mass is 16.6. The van der Waals surface area contributed by atoms with Gasteiger partial charge in [-0.1, -0.05) is 0 Å². The summed E-state index contributed by atoms with van der Waals surface area (Å²) in [5, 5.41) is 14.0. The molecule has 0 radical (unpaired) electrons. The Bertz CT molecular complexity index is 479. The van der Waals surface area contributed by atoms with E-state index in [1.54, 1.807) is 0 Å². The van der Waals surface area contributed by atoms with Crippen molar-refractivity contribution in [1.82, 2.24) is 14.9 Å². The average molecular weight is 297 g/mol. The molecule has 0 unspecified atom stereocenters. The van der Waals surface area contributed by atoms with Crippen molar-refractivity contribution in [3.8, 4) is 5.88 Å². The highest BCUT2D eigenvalue weighted by molar-refractivity contribution is 5.60. The monoisotopic (exact) mass is 297 g/mol. The summed E-state index contributed by atoms with van der Waals surface area (Å²) in [6, 6.07) is 0. The quantitative estimate of drug-likeness (QED) is 0.441. The number of nitrogens with zero attached hydrogens (tertiary/aromatic N) is 4. The van der Waals surface area contributed by atoms with Crippen LogP contribution in [0.3, 0.4) is 0 Å². The van der Waals surface area contributed by atoms with Gasteiger partial charge in [-0.05, 0) is 13.0 Å². The molecule has 1 aliphatic rings. The zero-order valence-corrected chi connectivity index (χ0v) is 11.9. The van der Waals surface area contributed by atoms with Crippen LogP contribution in [0.25, 0.3) is 0 Å². The highest BCUT2D eigenvalue weighted by Gasteiger charge is 2.23. The molecular formula is C12H19N5O4. The third-order valence-corrected chi connectivity index (χ3v) is 3.21. The van der Waals surface area contributed by atoms with Crippen LogP contribution in [0.4, 0.5) is 11.5 Å². The van der Waals surface area contributed by atoms with Gasteiger partial charge in [-0.3, -0.25) is 15.0 Å². The van der Waals surface area contributed by atoms with Crippen LogP contribution >= 0.6 is 0 Å². The van der Waals surface area contributed by atoms with Gasteiger partial charge in [-0.2, -0.15) is 4.98 Å². The first-order valence-electron chi connectivity index (χ1n) is 6.79. The van der Waals surface area contributed by atoms with E-state index in [4.69, 9.17) is 9.47 Å². The van der Waals surface area contributed by atoms with E-state index in [1.165, 1.54) is 13.4 Å². The number of ether oxygens (including phenoxy) is 2. The fourth-order valence-corrected chi connectivity index (χ4v) is 2.14. The van der Waals surface area contributed by atoms with E-state index in [9.17, 15) is 10.1 Å². The molecule has 0 aromatic carbocycles. The standard InChI is InChI=1S/C12H19N5O4/c1-20-12-10(17(18)19)11(14-9-15-12)13-3-2-4-16-5-7-21-8-6-16/h9H,2-8H2,1H3,(H,13,14,15). The van der Waals surface area contributed by atoms with Crippen molar-refractivity contribution in [2.75, 3.05) is 51.8 Å². The molecule has 21 heavy (non-hydrogen) atoms.